The highest BCUT2D eigenvalue weighted by Gasteiger charge is 2.03. The van der Waals surface area contributed by atoms with Crippen LogP contribution in [0.25, 0.3) is 6.08 Å². The summed E-state index contributed by atoms with van der Waals surface area (Å²) >= 11 is 0. The monoisotopic (exact) mass is 285 g/mol. The number of hydrogen-bond acceptors (Lipinski definition) is 5. The molecule has 1 heterocycles. The van der Waals surface area contributed by atoms with E-state index in [1.54, 1.807) is 24.3 Å². The van der Waals surface area contributed by atoms with Gasteiger partial charge in [0.05, 0.1) is 0 Å². The van der Waals surface area contributed by atoms with Gasteiger partial charge in [-0.2, -0.15) is 5.10 Å². The molecule has 2 aromatic rings. The number of carbonyl (C=O) groups is 1. The average Bonchev–Trinajstić information content (AvgIpc) is 2.86. The average molecular weight is 285 g/mol. The first-order valence-corrected chi connectivity index (χ1v) is 6.26. The van der Waals surface area contributed by atoms with Gasteiger partial charge in [0.2, 0.25) is 5.91 Å². The molecule has 21 heavy (non-hydrogen) atoms. The number of amides is 1. The van der Waals surface area contributed by atoms with E-state index < -0.39 is 0 Å². The van der Waals surface area contributed by atoms with Gasteiger partial charge in [0, 0.05) is 13.3 Å². The first-order valence-electron chi connectivity index (χ1n) is 6.26. The molecule has 7 heteroatoms. The highest BCUT2D eigenvalue weighted by Crippen LogP contribution is 2.12. The Bertz CT molecular complexity index is 673. The lowest BCUT2D eigenvalue weighted by Crippen LogP contribution is -2.25. The van der Waals surface area contributed by atoms with Gasteiger partial charge in [-0.15, -0.1) is 0 Å². The molecule has 0 radical (unpaired) electrons. The van der Waals surface area contributed by atoms with Crippen LogP contribution >= 0.6 is 0 Å². The minimum Gasteiger partial charge on any atom is -0.508 e. The Morgan fingerprint density at radius 2 is 2.14 bits per heavy atom. The van der Waals surface area contributed by atoms with Crippen LogP contribution in [0.15, 0.2) is 30.3 Å². The Morgan fingerprint density at radius 1 is 1.43 bits per heavy atom. The first kappa shape index (κ1) is 14.4. The van der Waals surface area contributed by atoms with Crippen LogP contribution < -0.4 is 5.32 Å². The molecule has 0 spiro atoms. The summed E-state index contributed by atoms with van der Waals surface area (Å²) in [4.78, 5) is 15.0. The summed E-state index contributed by atoms with van der Waals surface area (Å²) in [5, 5.41) is 25.8. The summed E-state index contributed by atoms with van der Waals surface area (Å²) in [5.41, 5.74) is 0.991. The third kappa shape index (κ3) is 4.57. The maximum absolute atomic E-state index is 10.8. The normalized spacial score (nSPS) is 10.7. The van der Waals surface area contributed by atoms with E-state index in [2.05, 4.69) is 20.5 Å². The number of nitrogens with zero attached hydrogens (tertiary/aromatic N) is 2. The second kappa shape index (κ2) is 6.47. The summed E-state index contributed by atoms with van der Waals surface area (Å²) in [6, 6.07) is 6.84. The zero-order valence-electron chi connectivity index (χ0n) is 11.4. The number of aromatic amines is 1. The maximum Gasteiger partial charge on any atom is 0.222 e. The Hall–Kier alpha value is -2.96. The fourth-order valence-electron chi connectivity index (χ4n) is 1.66. The van der Waals surface area contributed by atoms with Crippen LogP contribution in [0.3, 0.4) is 0 Å². The number of hydrogen-bond donors (Lipinski definition) is 4. The molecule has 0 atom stereocenters. The molecule has 0 saturated heterocycles. The van der Waals surface area contributed by atoms with E-state index >= 15 is 0 Å². The van der Waals surface area contributed by atoms with E-state index in [1.165, 1.54) is 19.1 Å². The van der Waals surface area contributed by atoms with Crippen molar-refractivity contribution in [2.75, 3.05) is 0 Å². The van der Waals surface area contributed by atoms with Crippen molar-refractivity contribution in [3.63, 3.8) is 0 Å². The van der Waals surface area contributed by atoms with Gasteiger partial charge in [-0.05, 0) is 29.8 Å². The summed E-state index contributed by atoms with van der Waals surface area (Å²) in [6.45, 7) is 1.34. The first-order chi connectivity index (χ1) is 10.0. The van der Waals surface area contributed by atoms with Crippen molar-refractivity contribution in [1.29, 1.82) is 5.41 Å². The molecule has 0 saturated carbocycles. The van der Waals surface area contributed by atoms with Gasteiger partial charge >= 0.3 is 0 Å². The SMILES string of the molecule is CC(=O)NC(=N)/C=C\c1n[nH]c(Cc2ccc(O)cc2)n1. The van der Waals surface area contributed by atoms with Crippen molar-refractivity contribution in [3.05, 3.63) is 47.6 Å². The zero-order valence-corrected chi connectivity index (χ0v) is 11.4. The third-order valence-corrected chi connectivity index (χ3v) is 2.57. The predicted octanol–water partition coefficient (Wildman–Crippen LogP) is 1.23. The fourth-order valence-corrected chi connectivity index (χ4v) is 1.66. The summed E-state index contributed by atoms with van der Waals surface area (Å²) in [7, 11) is 0. The number of aromatic hydroxyl groups is 1. The largest absolute Gasteiger partial charge is 0.508 e. The number of aromatic nitrogens is 3. The molecule has 1 amide bonds. The van der Waals surface area contributed by atoms with Crippen LogP contribution in [0.1, 0.15) is 24.1 Å². The molecule has 0 bridgehead atoms. The van der Waals surface area contributed by atoms with Gasteiger partial charge in [0.25, 0.3) is 0 Å². The Morgan fingerprint density at radius 3 is 2.81 bits per heavy atom. The Balaban J connectivity index is 1.98. The predicted molar refractivity (Wildman–Crippen MR) is 77.9 cm³/mol. The zero-order chi connectivity index (χ0) is 15.2. The minimum atomic E-state index is -0.298. The van der Waals surface area contributed by atoms with E-state index in [0.717, 1.165) is 5.56 Å². The molecule has 0 unspecified atom stereocenters. The van der Waals surface area contributed by atoms with Crippen molar-refractivity contribution in [2.24, 2.45) is 0 Å². The summed E-state index contributed by atoms with van der Waals surface area (Å²) < 4.78 is 0. The van der Waals surface area contributed by atoms with Gasteiger partial charge in [0.1, 0.15) is 17.4 Å². The Kier molecular flexibility index (Phi) is 4.45. The molecule has 1 aromatic heterocycles. The molecule has 108 valence electrons. The van der Waals surface area contributed by atoms with Gasteiger partial charge < -0.3 is 10.4 Å². The van der Waals surface area contributed by atoms with E-state index in [9.17, 15) is 9.90 Å². The molecule has 0 aliphatic rings. The molecule has 7 nitrogen and oxygen atoms in total. The molecule has 1 aromatic carbocycles. The van der Waals surface area contributed by atoms with E-state index in [0.29, 0.717) is 18.1 Å². The standard InChI is InChI=1S/C14H15N5O2/c1-9(20)16-12(15)6-7-13-17-14(19-18-13)8-10-2-4-11(21)5-3-10/h2-7,21H,8H2,1H3,(H2,15,16,20)(H,17,18,19)/b7-6-. The van der Waals surface area contributed by atoms with Crippen LogP contribution in [0.5, 0.6) is 5.75 Å². The van der Waals surface area contributed by atoms with E-state index in [1.807, 2.05) is 0 Å². The van der Waals surface area contributed by atoms with Crippen molar-refractivity contribution < 1.29 is 9.90 Å². The van der Waals surface area contributed by atoms with Gasteiger partial charge in [0.15, 0.2) is 5.82 Å². The van der Waals surface area contributed by atoms with Crippen LogP contribution in [0.4, 0.5) is 0 Å². The fraction of sp³-hybridized carbons (Fsp3) is 0.143. The van der Waals surface area contributed by atoms with Crippen molar-refractivity contribution in [2.45, 2.75) is 13.3 Å². The van der Waals surface area contributed by atoms with Crippen molar-refractivity contribution >= 4 is 17.8 Å². The highest BCUT2D eigenvalue weighted by atomic mass is 16.3. The second-order valence-electron chi connectivity index (χ2n) is 4.41. The number of phenols is 1. The summed E-state index contributed by atoms with van der Waals surface area (Å²) in [6.07, 6.45) is 3.51. The maximum atomic E-state index is 10.8. The molecular weight excluding hydrogens is 270 g/mol. The number of amidine groups is 1. The molecule has 0 aliphatic carbocycles. The van der Waals surface area contributed by atoms with Crippen molar-refractivity contribution in [1.82, 2.24) is 20.5 Å². The van der Waals surface area contributed by atoms with Crippen LogP contribution in [-0.4, -0.2) is 32.0 Å². The minimum absolute atomic E-state index is 0.0209. The van der Waals surface area contributed by atoms with Gasteiger partial charge in [-0.1, -0.05) is 12.1 Å². The lowest BCUT2D eigenvalue weighted by Gasteiger charge is -1.97. The van der Waals surface area contributed by atoms with Crippen LogP contribution in [0.2, 0.25) is 0 Å². The van der Waals surface area contributed by atoms with Crippen LogP contribution in [-0.2, 0) is 11.2 Å². The second-order valence-corrected chi connectivity index (χ2v) is 4.41. The third-order valence-electron chi connectivity index (χ3n) is 2.57. The van der Waals surface area contributed by atoms with Gasteiger partial charge in [-0.3, -0.25) is 15.3 Å². The van der Waals surface area contributed by atoms with Crippen molar-refractivity contribution in [3.8, 4) is 5.75 Å². The summed E-state index contributed by atoms with van der Waals surface area (Å²) in [5.74, 6) is 1.00. The smallest absolute Gasteiger partial charge is 0.222 e. The van der Waals surface area contributed by atoms with Gasteiger partial charge in [-0.25, -0.2) is 4.98 Å². The number of benzene rings is 1. The lowest BCUT2D eigenvalue weighted by atomic mass is 10.1. The van der Waals surface area contributed by atoms with E-state index in [-0.39, 0.29) is 17.5 Å². The number of nitrogens with one attached hydrogen (secondary N) is 3. The van der Waals surface area contributed by atoms with E-state index in [4.69, 9.17) is 5.41 Å². The number of phenolic OH excluding ortho intramolecular Hbond substituents is 1. The quantitative estimate of drug-likeness (QED) is 0.499. The molecule has 0 fully saturated rings. The Labute approximate surface area is 121 Å². The molecule has 0 aliphatic heterocycles. The molecular formula is C14H15N5O2. The number of carbonyl (C=O) groups excluding carboxylic acids is 1. The number of rotatable bonds is 4. The molecule has 4 N–H and O–H groups in total. The lowest BCUT2D eigenvalue weighted by molar-refractivity contribution is -0.117. The topological polar surface area (TPSA) is 115 Å². The molecule has 2 rings (SSSR count). The highest BCUT2D eigenvalue weighted by molar-refractivity contribution is 6.03. The van der Waals surface area contributed by atoms with Crippen LogP contribution in [0, 0.1) is 5.41 Å². The number of H-pyrrole nitrogens is 1.